The van der Waals surface area contributed by atoms with Gasteiger partial charge in [-0.15, -0.1) is 4.91 Å². The molecule has 0 amide bonds. The van der Waals surface area contributed by atoms with E-state index in [4.69, 9.17) is 0 Å². The Hall–Kier alpha value is -2.94. The zero-order valence-corrected chi connectivity index (χ0v) is 11.2. The molecule has 0 aliphatic heterocycles. The van der Waals surface area contributed by atoms with Crippen LogP contribution in [-0.4, -0.2) is 5.11 Å². The molecule has 102 valence electrons. The fourth-order valence-corrected chi connectivity index (χ4v) is 2.34. The van der Waals surface area contributed by atoms with Gasteiger partial charge in [-0.2, -0.15) is 0 Å². The van der Waals surface area contributed by atoms with E-state index in [1.165, 1.54) is 0 Å². The van der Waals surface area contributed by atoms with Crippen molar-refractivity contribution < 1.29 is 5.11 Å². The molecular formula is C18H13NO2. The van der Waals surface area contributed by atoms with E-state index in [-0.39, 0.29) is 5.75 Å². The minimum Gasteiger partial charge on any atom is -0.508 e. The first-order valence-electron chi connectivity index (χ1n) is 6.60. The van der Waals surface area contributed by atoms with Crippen LogP contribution in [0.2, 0.25) is 0 Å². The van der Waals surface area contributed by atoms with Crippen LogP contribution in [0, 0.1) is 4.91 Å². The minimum atomic E-state index is 0.228. The second kappa shape index (κ2) is 5.59. The Kier molecular flexibility index (Phi) is 3.48. The summed E-state index contributed by atoms with van der Waals surface area (Å²) in [5.74, 6) is 0.228. The zero-order valence-electron chi connectivity index (χ0n) is 11.2. The monoisotopic (exact) mass is 275 g/mol. The van der Waals surface area contributed by atoms with Crippen LogP contribution in [0.15, 0.2) is 78.0 Å². The topological polar surface area (TPSA) is 49.7 Å². The Balaban J connectivity index is 2.20. The maximum Gasteiger partial charge on any atom is 0.115 e. The van der Waals surface area contributed by atoms with Crippen LogP contribution in [0.1, 0.15) is 0 Å². The molecule has 0 aromatic heterocycles. The van der Waals surface area contributed by atoms with Gasteiger partial charge in [0.15, 0.2) is 0 Å². The third-order valence-electron chi connectivity index (χ3n) is 3.37. The van der Waals surface area contributed by atoms with Crippen molar-refractivity contribution in [2.24, 2.45) is 5.18 Å². The van der Waals surface area contributed by atoms with Crippen LogP contribution in [0.25, 0.3) is 22.3 Å². The number of rotatable bonds is 3. The minimum absolute atomic E-state index is 0.228. The summed E-state index contributed by atoms with van der Waals surface area (Å²) in [7, 11) is 0. The number of nitrogens with zero attached hydrogens (tertiary/aromatic N) is 1. The number of nitroso groups, excluding NO2 is 1. The summed E-state index contributed by atoms with van der Waals surface area (Å²) in [6.07, 6.45) is 0. The molecule has 1 N–H and O–H groups in total. The van der Waals surface area contributed by atoms with Gasteiger partial charge in [0.1, 0.15) is 11.4 Å². The third kappa shape index (κ3) is 2.67. The van der Waals surface area contributed by atoms with E-state index in [2.05, 4.69) is 5.18 Å². The molecule has 0 fully saturated rings. The van der Waals surface area contributed by atoms with E-state index in [0.29, 0.717) is 5.69 Å². The highest BCUT2D eigenvalue weighted by Gasteiger charge is 2.09. The normalized spacial score (nSPS) is 10.3. The lowest BCUT2D eigenvalue weighted by Gasteiger charge is -2.11. The molecule has 21 heavy (non-hydrogen) atoms. The molecule has 0 spiro atoms. The molecule has 3 aromatic rings. The highest BCUT2D eigenvalue weighted by atomic mass is 16.3. The van der Waals surface area contributed by atoms with E-state index in [9.17, 15) is 10.0 Å². The summed E-state index contributed by atoms with van der Waals surface area (Å²) in [4.78, 5) is 10.8. The van der Waals surface area contributed by atoms with E-state index in [0.717, 1.165) is 22.3 Å². The second-order valence-electron chi connectivity index (χ2n) is 4.73. The van der Waals surface area contributed by atoms with Crippen molar-refractivity contribution in [2.45, 2.75) is 0 Å². The van der Waals surface area contributed by atoms with Crippen LogP contribution in [-0.2, 0) is 0 Å². The maximum absolute atomic E-state index is 10.8. The average molecular weight is 275 g/mol. The summed E-state index contributed by atoms with van der Waals surface area (Å²) in [5, 5.41) is 12.4. The molecule has 0 aliphatic rings. The van der Waals surface area contributed by atoms with Crippen molar-refractivity contribution >= 4 is 5.69 Å². The molecule has 3 heteroatoms. The predicted molar refractivity (Wildman–Crippen MR) is 84.4 cm³/mol. The Morgan fingerprint density at radius 1 is 0.714 bits per heavy atom. The highest BCUT2D eigenvalue weighted by Crippen LogP contribution is 2.35. The van der Waals surface area contributed by atoms with Gasteiger partial charge in [0.05, 0.1) is 0 Å². The molecule has 0 aliphatic carbocycles. The van der Waals surface area contributed by atoms with E-state index in [1.54, 1.807) is 24.3 Å². The summed E-state index contributed by atoms with van der Waals surface area (Å²) < 4.78 is 0. The Morgan fingerprint density at radius 2 is 1.38 bits per heavy atom. The molecule has 0 unspecified atom stereocenters. The molecule has 0 atom stereocenters. The predicted octanol–water partition coefficient (Wildman–Crippen LogP) is 5.12. The van der Waals surface area contributed by atoms with Crippen LogP contribution in [0.5, 0.6) is 5.75 Å². The molecule has 0 saturated heterocycles. The molecule has 0 heterocycles. The fourth-order valence-electron chi connectivity index (χ4n) is 2.34. The summed E-state index contributed by atoms with van der Waals surface area (Å²) in [6.45, 7) is 0. The summed E-state index contributed by atoms with van der Waals surface area (Å²) in [6, 6.07) is 22.2. The Labute approximate surface area is 122 Å². The lowest BCUT2D eigenvalue weighted by Crippen LogP contribution is -1.85. The van der Waals surface area contributed by atoms with E-state index >= 15 is 0 Å². The molecule has 0 saturated carbocycles. The van der Waals surface area contributed by atoms with Gasteiger partial charge < -0.3 is 5.11 Å². The molecule has 0 bridgehead atoms. The number of hydrogen-bond donors (Lipinski definition) is 1. The smallest absolute Gasteiger partial charge is 0.115 e. The number of aromatic hydroxyl groups is 1. The lowest BCUT2D eigenvalue weighted by atomic mass is 9.94. The molecule has 0 radical (unpaired) electrons. The van der Waals surface area contributed by atoms with Gasteiger partial charge in [-0.05, 0) is 51.7 Å². The van der Waals surface area contributed by atoms with Crippen molar-refractivity contribution in [2.75, 3.05) is 0 Å². The van der Waals surface area contributed by atoms with Crippen LogP contribution >= 0.6 is 0 Å². The van der Waals surface area contributed by atoms with Crippen molar-refractivity contribution in [1.82, 2.24) is 0 Å². The molecule has 3 nitrogen and oxygen atoms in total. The SMILES string of the molecule is O=Nc1ccc(-c2ccc(O)cc2)c(-c2ccccc2)c1. The molecule has 3 aromatic carbocycles. The second-order valence-corrected chi connectivity index (χ2v) is 4.73. The number of phenolic OH excluding ortho intramolecular Hbond substituents is 1. The van der Waals surface area contributed by atoms with Crippen LogP contribution in [0.4, 0.5) is 5.69 Å². The standard InChI is InChI=1S/C18H13NO2/c20-16-9-6-14(7-10-16)17-11-8-15(19-21)12-18(17)13-4-2-1-3-5-13/h1-12,20H. The number of phenols is 1. The highest BCUT2D eigenvalue weighted by molar-refractivity contribution is 5.85. The Bertz CT molecular complexity index is 765. The quantitative estimate of drug-likeness (QED) is 0.674. The van der Waals surface area contributed by atoms with E-state index in [1.807, 2.05) is 48.5 Å². The third-order valence-corrected chi connectivity index (χ3v) is 3.37. The maximum atomic E-state index is 10.8. The van der Waals surface area contributed by atoms with Crippen molar-refractivity contribution in [1.29, 1.82) is 0 Å². The van der Waals surface area contributed by atoms with Gasteiger partial charge in [0.2, 0.25) is 0 Å². The summed E-state index contributed by atoms with van der Waals surface area (Å²) in [5.41, 5.74) is 4.33. The molecule has 3 rings (SSSR count). The van der Waals surface area contributed by atoms with Gasteiger partial charge in [-0.3, -0.25) is 0 Å². The van der Waals surface area contributed by atoms with Gasteiger partial charge >= 0.3 is 0 Å². The van der Waals surface area contributed by atoms with Gasteiger partial charge in [0.25, 0.3) is 0 Å². The first kappa shape index (κ1) is 13.1. The van der Waals surface area contributed by atoms with Gasteiger partial charge in [0, 0.05) is 0 Å². The lowest BCUT2D eigenvalue weighted by molar-refractivity contribution is 0.475. The number of hydrogen-bond acceptors (Lipinski definition) is 3. The summed E-state index contributed by atoms with van der Waals surface area (Å²) >= 11 is 0. The van der Waals surface area contributed by atoms with Crippen molar-refractivity contribution in [3.63, 3.8) is 0 Å². The van der Waals surface area contributed by atoms with Gasteiger partial charge in [-0.25, -0.2) is 0 Å². The first-order chi connectivity index (χ1) is 10.3. The van der Waals surface area contributed by atoms with Crippen molar-refractivity contribution in [3.05, 3.63) is 77.7 Å². The van der Waals surface area contributed by atoms with Gasteiger partial charge in [-0.1, -0.05) is 48.5 Å². The fraction of sp³-hybridized carbons (Fsp3) is 0. The van der Waals surface area contributed by atoms with Crippen molar-refractivity contribution in [3.8, 4) is 28.0 Å². The molecular weight excluding hydrogens is 262 g/mol. The number of benzene rings is 3. The first-order valence-corrected chi connectivity index (χ1v) is 6.60. The average Bonchev–Trinajstić information content (AvgIpc) is 2.56. The zero-order chi connectivity index (χ0) is 14.7. The van der Waals surface area contributed by atoms with E-state index < -0.39 is 0 Å². The van der Waals surface area contributed by atoms with Crippen LogP contribution < -0.4 is 0 Å². The Morgan fingerprint density at radius 3 is 2.05 bits per heavy atom. The largest absolute Gasteiger partial charge is 0.508 e. The van der Waals surface area contributed by atoms with Crippen LogP contribution in [0.3, 0.4) is 0 Å².